The molecule has 4 nitrogen and oxygen atoms in total. The molecule has 0 unspecified atom stereocenters. The molecule has 19 heavy (non-hydrogen) atoms. The largest absolute Gasteiger partial charge is 0.309 e. The van der Waals surface area contributed by atoms with Crippen molar-refractivity contribution in [2.45, 2.75) is 20.0 Å². The van der Waals surface area contributed by atoms with Gasteiger partial charge in [-0.25, -0.2) is 0 Å². The SMILES string of the molecule is Cc1cccc(CNCc2cccc([N+](=O)[O-])c2)c1. The molecular weight excluding hydrogens is 240 g/mol. The quantitative estimate of drug-likeness (QED) is 0.660. The first-order chi connectivity index (χ1) is 9.15. The minimum Gasteiger partial charge on any atom is -0.309 e. The molecule has 0 aliphatic carbocycles. The van der Waals surface area contributed by atoms with Gasteiger partial charge in [0.25, 0.3) is 5.69 Å². The zero-order valence-electron chi connectivity index (χ0n) is 10.8. The van der Waals surface area contributed by atoms with Crippen LogP contribution in [-0.4, -0.2) is 4.92 Å². The monoisotopic (exact) mass is 256 g/mol. The van der Waals surface area contributed by atoms with Crippen LogP contribution in [0.1, 0.15) is 16.7 Å². The van der Waals surface area contributed by atoms with Gasteiger partial charge < -0.3 is 5.32 Å². The van der Waals surface area contributed by atoms with E-state index in [9.17, 15) is 10.1 Å². The normalized spacial score (nSPS) is 10.4. The second-order valence-corrected chi connectivity index (χ2v) is 4.52. The summed E-state index contributed by atoms with van der Waals surface area (Å²) in [5.41, 5.74) is 3.50. The number of nitrogens with zero attached hydrogens (tertiary/aromatic N) is 1. The first-order valence-electron chi connectivity index (χ1n) is 6.15. The predicted octanol–water partition coefficient (Wildman–Crippen LogP) is 3.19. The van der Waals surface area contributed by atoms with Gasteiger partial charge >= 0.3 is 0 Å². The van der Waals surface area contributed by atoms with Gasteiger partial charge in [-0.15, -0.1) is 0 Å². The fourth-order valence-corrected chi connectivity index (χ4v) is 1.95. The number of hydrogen-bond acceptors (Lipinski definition) is 3. The fourth-order valence-electron chi connectivity index (χ4n) is 1.95. The number of hydrogen-bond donors (Lipinski definition) is 1. The third-order valence-corrected chi connectivity index (χ3v) is 2.86. The highest BCUT2D eigenvalue weighted by molar-refractivity contribution is 5.34. The summed E-state index contributed by atoms with van der Waals surface area (Å²) in [5, 5.41) is 14.0. The highest BCUT2D eigenvalue weighted by atomic mass is 16.6. The Morgan fingerprint density at radius 1 is 1.05 bits per heavy atom. The number of nitrogens with one attached hydrogen (secondary N) is 1. The summed E-state index contributed by atoms with van der Waals surface area (Å²) >= 11 is 0. The topological polar surface area (TPSA) is 55.2 Å². The third kappa shape index (κ3) is 3.89. The van der Waals surface area contributed by atoms with Crippen LogP contribution in [0.15, 0.2) is 48.5 Å². The van der Waals surface area contributed by atoms with Gasteiger partial charge in [-0.3, -0.25) is 10.1 Å². The van der Waals surface area contributed by atoms with Crippen molar-refractivity contribution in [3.8, 4) is 0 Å². The van der Waals surface area contributed by atoms with Crippen LogP contribution in [0.3, 0.4) is 0 Å². The average Bonchev–Trinajstić information content (AvgIpc) is 2.39. The Hall–Kier alpha value is -2.20. The van der Waals surface area contributed by atoms with E-state index in [1.54, 1.807) is 12.1 Å². The smallest absolute Gasteiger partial charge is 0.269 e. The molecule has 0 heterocycles. The standard InChI is InChI=1S/C15H16N2O2/c1-12-4-2-5-13(8-12)10-16-11-14-6-3-7-15(9-14)17(18)19/h2-9,16H,10-11H2,1H3. The lowest BCUT2D eigenvalue weighted by atomic mass is 10.1. The molecule has 0 aromatic heterocycles. The van der Waals surface area contributed by atoms with Crippen molar-refractivity contribution in [3.05, 3.63) is 75.3 Å². The van der Waals surface area contributed by atoms with Crippen molar-refractivity contribution in [2.24, 2.45) is 0 Å². The van der Waals surface area contributed by atoms with Crippen LogP contribution in [0.4, 0.5) is 5.69 Å². The molecule has 0 radical (unpaired) electrons. The van der Waals surface area contributed by atoms with Gasteiger partial charge in [0.1, 0.15) is 0 Å². The molecule has 2 aromatic rings. The van der Waals surface area contributed by atoms with Crippen molar-refractivity contribution < 1.29 is 4.92 Å². The summed E-state index contributed by atoms with van der Waals surface area (Å²) in [6.07, 6.45) is 0. The molecule has 4 heteroatoms. The van der Waals surface area contributed by atoms with Crippen molar-refractivity contribution in [2.75, 3.05) is 0 Å². The Kier molecular flexibility index (Phi) is 4.26. The highest BCUT2D eigenvalue weighted by Crippen LogP contribution is 2.13. The van der Waals surface area contributed by atoms with E-state index in [2.05, 4.69) is 30.4 Å². The summed E-state index contributed by atoms with van der Waals surface area (Å²) in [6, 6.07) is 15.0. The highest BCUT2D eigenvalue weighted by Gasteiger charge is 2.05. The van der Waals surface area contributed by atoms with E-state index in [1.165, 1.54) is 17.2 Å². The molecule has 0 aliphatic rings. The maximum absolute atomic E-state index is 10.7. The lowest BCUT2D eigenvalue weighted by molar-refractivity contribution is -0.384. The van der Waals surface area contributed by atoms with Crippen LogP contribution in [0.5, 0.6) is 0 Å². The molecule has 0 aliphatic heterocycles. The van der Waals surface area contributed by atoms with Crippen LogP contribution in [0.2, 0.25) is 0 Å². The molecule has 0 bridgehead atoms. The van der Waals surface area contributed by atoms with Crippen molar-refractivity contribution in [1.82, 2.24) is 5.32 Å². The van der Waals surface area contributed by atoms with Crippen LogP contribution in [-0.2, 0) is 13.1 Å². The fraction of sp³-hybridized carbons (Fsp3) is 0.200. The summed E-state index contributed by atoms with van der Waals surface area (Å²) in [4.78, 5) is 10.3. The summed E-state index contributed by atoms with van der Waals surface area (Å²) in [6.45, 7) is 3.43. The molecule has 98 valence electrons. The zero-order valence-corrected chi connectivity index (χ0v) is 10.8. The number of nitro groups is 1. The lowest BCUT2D eigenvalue weighted by Gasteiger charge is -2.06. The van der Waals surface area contributed by atoms with E-state index in [0.29, 0.717) is 6.54 Å². The van der Waals surface area contributed by atoms with E-state index in [0.717, 1.165) is 12.1 Å². The van der Waals surface area contributed by atoms with Crippen LogP contribution < -0.4 is 5.32 Å². The minimum atomic E-state index is -0.371. The number of benzene rings is 2. The summed E-state index contributed by atoms with van der Waals surface area (Å²) < 4.78 is 0. The van der Waals surface area contributed by atoms with E-state index < -0.39 is 0 Å². The third-order valence-electron chi connectivity index (χ3n) is 2.86. The molecule has 0 saturated carbocycles. The summed E-state index contributed by atoms with van der Waals surface area (Å²) in [7, 11) is 0. The number of nitro benzene ring substituents is 1. The minimum absolute atomic E-state index is 0.134. The predicted molar refractivity (Wildman–Crippen MR) is 74.8 cm³/mol. The molecule has 0 saturated heterocycles. The zero-order chi connectivity index (χ0) is 13.7. The number of rotatable bonds is 5. The van der Waals surface area contributed by atoms with Gasteiger partial charge in [-0.2, -0.15) is 0 Å². The van der Waals surface area contributed by atoms with Crippen molar-refractivity contribution >= 4 is 5.69 Å². The second-order valence-electron chi connectivity index (χ2n) is 4.52. The molecule has 0 spiro atoms. The van der Waals surface area contributed by atoms with Gasteiger partial charge in [0.15, 0.2) is 0 Å². The maximum Gasteiger partial charge on any atom is 0.269 e. The Morgan fingerprint density at radius 2 is 1.68 bits per heavy atom. The Bertz CT molecular complexity index is 582. The van der Waals surface area contributed by atoms with Gasteiger partial charge in [-0.1, -0.05) is 42.0 Å². The molecule has 0 amide bonds. The van der Waals surface area contributed by atoms with E-state index in [4.69, 9.17) is 0 Å². The molecule has 0 fully saturated rings. The molecular formula is C15H16N2O2. The Balaban J connectivity index is 1.92. The lowest BCUT2D eigenvalue weighted by Crippen LogP contribution is -2.12. The van der Waals surface area contributed by atoms with Gasteiger partial charge in [-0.05, 0) is 18.1 Å². The van der Waals surface area contributed by atoms with Gasteiger partial charge in [0.2, 0.25) is 0 Å². The van der Waals surface area contributed by atoms with E-state index >= 15 is 0 Å². The maximum atomic E-state index is 10.7. The molecule has 2 rings (SSSR count). The second kappa shape index (κ2) is 6.11. The molecule has 1 N–H and O–H groups in total. The molecule has 0 atom stereocenters. The Morgan fingerprint density at radius 3 is 2.32 bits per heavy atom. The van der Waals surface area contributed by atoms with Gasteiger partial charge in [0, 0.05) is 25.2 Å². The number of non-ortho nitro benzene ring substituents is 1. The van der Waals surface area contributed by atoms with Gasteiger partial charge in [0.05, 0.1) is 4.92 Å². The van der Waals surface area contributed by atoms with Crippen LogP contribution in [0.25, 0.3) is 0 Å². The number of aryl methyl sites for hydroxylation is 1. The molecule has 2 aromatic carbocycles. The van der Waals surface area contributed by atoms with E-state index in [1.807, 2.05) is 12.1 Å². The Labute approximate surface area is 112 Å². The van der Waals surface area contributed by atoms with Crippen LogP contribution in [0, 0.1) is 17.0 Å². The first-order valence-corrected chi connectivity index (χ1v) is 6.15. The van der Waals surface area contributed by atoms with Crippen molar-refractivity contribution in [3.63, 3.8) is 0 Å². The van der Waals surface area contributed by atoms with E-state index in [-0.39, 0.29) is 10.6 Å². The summed E-state index contributed by atoms with van der Waals surface area (Å²) in [5.74, 6) is 0. The first kappa shape index (κ1) is 13.2. The van der Waals surface area contributed by atoms with Crippen LogP contribution >= 0.6 is 0 Å². The van der Waals surface area contributed by atoms with Crippen molar-refractivity contribution in [1.29, 1.82) is 0 Å². The average molecular weight is 256 g/mol.